The molecule has 0 amide bonds. The number of benzene rings is 1. The van der Waals surface area contributed by atoms with Gasteiger partial charge >= 0.3 is 0 Å². The molecule has 1 aromatic rings. The van der Waals surface area contributed by atoms with Crippen LogP contribution in [0, 0.1) is 0 Å². The Bertz CT molecular complexity index is 349. The van der Waals surface area contributed by atoms with Crippen molar-refractivity contribution in [1.82, 2.24) is 0 Å². The Morgan fingerprint density at radius 3 is 2.71 bits per heavy atom. The first-order valence-electron chi connectivity index (χ1n) is 3.77. The van der Waals surface area contributed by atoms with Crippen LogP contribution in [0.25, 0.3) is 0 Å². The zero-order valence-electron chi connectivity index (χ0n) is 7.03. The lowest BCUT2D eigenvalue weighted by Gasteiger charge is -2.07. The SMILES string of the molecule is ClC=C(Cl)CNc1cccc(Cl)c1Cl. The van der Waals surface area contributed by atoms with E-state index >= 15 is 0 Å². The van der Waals surface area contributed by atoms with Crippen LogP contribution >= 0.6 is 46.4 Å². The largest absolute Gasteiger partial charge is 0.379 e. The molecule has 76 valence electrons. The van der Waals surface area contributed by atoms with Gasteiger partial charge in [-0.15, -0.1) is 0 Å². The summed E-state index contributed by atoms with van der Waals surface area (Å²) in [6.07, 6.45) is 0. The summed E-state index contributed by atoms with van der Waals surface area (Å²) in [7, 11) is 0. The van der Waals surface area contributed by atoms with Crippen LogP contribution in [0.4, 0.5) is 5.69 Å². The highest BCUT2D eigenvalue weighted by Crippen LogP contribution is 2.29. The Labute approximate surface area is 103 Å². The molecule has 1 nitrogen and oxygen atoms in total. The van der Waals surface area contributed by atoms with Gasteiger partial charge in [0.15, 0.2) is 0 Å². The zero-order chi connectivity index (χ0) is 10.6. The van der Waals surface area contributed by atoms with E-state index in [2.05, 4.69) is 5.32 Å². The zero-order valence-corrected chi connectivity index (χ0v) is 10.1. The van der Waals surface area contributed by atoms with Crippen molar-refractivity contribution in [2.75, 3.05) is 11.9 Å². The highest BCUT2D eigenvalue weighted by Gasteiger charge is 2.03. The molecule has 0 saturated heterocycles. The molecule has 0 aromatic heterocycles. The fraction of sp³-hybridized carbons (Fsp3) is 0.111. The molecule has 0 bridgehead atoms. The van der Waals surface area contributed by atoms with E-state index < -0.39 is 0 Å². The summed E-state index contributed by atoms with van der Waals surface area (Å²) in [4.78, 5) is 0. The Morgan fingerprint density at radius 1 is 1.36 bits per heavy atom. The number of rotatable bonds is 3. The molecule has 14 heavy (non-hydrogen) atoms. The van der Waals surface area contributed by atoms with E-state index in [4.69, 9.17) is 46.4 Å². The van der Waals surface area contributed by atoms with E-state index in [-0.39, 0.29) is 0 Å². The molecular weight excluding hydrogens is 264 g/mol. The Kier molecular flexibility index (Phi) is 4.90. The number of halogens is 4. The third-order valence-electron chi connectivity index (χ3n) is 1.52. The van der Waals surface area contributed by atoms with Crippen molar-refractivity contribution in [1.29, 1.82) is 0 Å². The lowest BCUT2D eigenvalue weighted by Crippen LogP contribution is -2.01. The second-order valence-corrected chi connectivity index (χ2v) is 4.00. The summed E-state index contributed by atoms with van der Waals surface area (Å²) in [6.45, 7) is 0.422. The highest BCUT2D eigenvalue weighted by atomic mass is 35.5. The van der Waals surface area contributed by atoms with E-state index in [0.29, 0.717) is 21.6 Å². The van der Waals surface area contributed by atoms with Crippen LogP contribution in [0.5, 0.6) is 0 Å². The van der Waals surface area contributed by atoms with E-state index in [9.17, 15) is 0 Å². The second-order valence-electron chi connectivity index (χ2n) is 2.51. The molecule has 0 unspecified atom stereocenters. The monoisotopic (exact) mass is 269 g/mol. The van der Waals surface area contributed by atoms with Crippen LogP contribution in [0.3, 0.4) is 0 Å². The van der Waals surface area contributed by atoms with Gasteiger partial charge in [0, 0.05) is 10.6 Å². The van der Waals surface area contributed by atoms with Gasteiger partial charge in [-0.3, -0.25) is 0 Å². The van der Waals surface area contributed by atoms with Gasteiger partial charge in [0.1, 0.15) is 0 Å². The molecule has 5 heteroatoms. The minimum Gasteiger partial charge on any atom is -0.379 e. The van der Waals surface area contributed by atoms with Crippen LogP contribution < -0.4 is 5.32 Å². The van der Waals surface area contributed by atoms with Gasteiger partial charge in [-0.2, -0.15) is 0 Å². The molecule has 0 atom stereocenters. The fourth-order valence-electron chi connectivity index (χ4n) is 0.859. The van der Waals surface area contributed by atoms with Crippen LogP contribution in [-0.4, -0.2) is 6.54 Å². The minimum atomic E-state index is 0.422. The molecule has 1 aromatic carbocycles. The standard InChI is InChI=1S/C9H7Cl4N/c10-4-6(11)5-14-8-3-1-2-7(12)9(8)13/h1-4,14H,5H2. The molecule has 1 rings (SSSR count). The van der Waals surface area contributed by atoms with Crippen LogP contribution in [-0.2, 0) is 0 Å². The summed E-state index contributed by atoms with van der Waals surface area (Å²) >= 11 is 22.8. The van der Waals surface area contributed by atoms with Crippen LogP contribution in [0.2, 0.25) is 10.0 Å². The lowest BCUT2D eigenvalue weighted by atomic mass is 10.3. The molecule has 0 aliphatic rings. The van der Waals surface area contributed by atoms with Gasteiger partial charge in [-0.25, -0.2) is 0 Å². The summed E-state index contributed by atoms with van der Waals surface area (Å²) in [5.74, 6) is 0. The maximum Gasteiger partial charge on any atom is 0.0823 e. The molecule has 1 N–H and O–H groups in total. The Morgan fingerprint density at radius 2 is 2.07 bits per heavy atom. The van der Waals surface area contributed by atoms with E-state index in [1.54, 1.807) is 12.1 Å². The lowest BCUT2D eigenvalue weighted by molar-refractivity contribution is 1.31. The average Bonchev–Trinajstić information content (AvgIpc) is 2.20. The number of anilines is 1. The van der Waals surface area contributed by atoms with Crippen molar-refractivity contribution >= 4 is 52.1 Å². The van der Waals surface area contributed by atoms with E-state index in [0.717, 1.165) is 5.69 Å². The number of nitrogens with one attached hydrogen (secondary N) is 1. The van der Waals surface area contributed by atoms with Gasteiger partial charge in [-0.1, -0.05) is 52.5 Å². The quantitative estimate of drug-likeness (QED) is 0.838. The summed E-state index contributed by atoms with van der Waals surface area (Å²) in [5, 5.41) is 4.49. The smallest absolute Gasteiger partial charge is 0.0823 e. The van der Waals surface area contributed by atoms with Crippen LogP contribution in [0.15, 0.2) is 28.8 Å². The van der Waals surface area contributed by atoms with Gasteiger partial charge in [-0.05, 0) is 12.1 Å². The summed E-state index contributed by atoms with van der Waals surface area (Å²) in [6, 6.07) is 5.33. The highest BCUT2D eigenvalue weighted by molar-refractivity contribution is 6.43. The third kappa shape index (κ3) is 3.25. The molecule has 0 heterocycles. The minimum absolute atomic E-state index is 0.422. The van der Waals surface area contributed by atoms with Crippen molar-refractivity contribution in [2.24, 2.45) is 0 Å². The van der Waals surface area contributed by atoms with Gasteiger partial charge in [0.2, 0.25) is 0 Å². The normalized spacial score (nSPS) is 11.6. The molecule has 0 aliphatic heterocycles. The maximum atomic E-state index is 5.93. The van der Waals surface area contributed by atoms with Gasteiger partial charge in [0.25, 0.3) is 0 Å². The van der Waals surface area contributed by atoms with Crippen molar-refractivity contribution < 1.29 is 0 Å². The van der Waals surface area contributed by atoms with Gasteiger partial charge in [0.05, 0.1) is 22.3 Å². The third-order valence-corrected chi connectivity index (χ3v) is 2.95. The average molecular weight is 271 g/mol. The van der Waals surface area contributed by atoms with Crippen molar-refractivity contribution in [3.8, 4) is 0 Å². The predicted molar refractivity (Wildman–Crippen MR) is 64.7 cm³/mol. The van der Waals surface area contributed by atoms with Crippen LogP contribution in [0.1, 0.15) is 0 Å². The molecule has 0 fully saturated rings. The van der Waals surface area contributed by atoms with Crippen molar-refractivity contribution in [3.63, 3.8) is 0 Å². The van der Waals surface area contributed by atoms with E-state index in [1.165, 1.54) is 5.54 Å². The summed E-state index contributed by atoms with van der Waals surface area (Å²) < 4.78 is 0. The molecular formula is C9H7Cl4N. The van der Waals surface area contributed by atoms with E-state index in [1.807, 2.05) is 6.07 Å². The maximum absolute atomic E-state index is 5.93. The number of hydrogen-bond donors (Lipinski definition) is 1. The first kappa shape index (κ1) is 12.0. The summed E-state index contributed by atoms with van der Waals surface area (Å²) in [5.41, 5.74) is 2.03. The second kappa shape index (κ2) is 5.72. The molecule has 0 radical (unpaired) electrons. The fourth-order valence-corrected chi connectivity index (χ4v) is 1.37. The first-order chi connectivity index (χ1) is 6.65. The molecule has 0 saturated carbocycles. The predicted octanol–water partition coefficient (Wildman–Crippen LogP) is 4.72. The first-order valence-corrected chi connectivity index (χ1v) is 5.35. The topological polar surface area (TPSA) is 12.0 Å². The number of hydrogen-bond acceptors (Lipinski definition) is 1. The molecule has 0 spiro atoms. The molecule has 0 aliphatic carbocycles. The Balaban J connectivity index is 2.73. The Hall–Kier alpha value is -0.0800. The van der Waals surface area contributed by atoms with Crippen molar-refractivity contribution in [3.05, 3.63) is 38.8 Å². The van der Waals surface area contributed by atoms with Gasteiger partial charge < -0.3 is 5.32 Å². The van der Waals surface area contributed by atoms with Crippen molar-refractivity contribution in [2.45, 2.75) is 0 Å².